The second-order valence-electron chi connectivity index (χ2n) is 3.84. The molecule has 0 spiro atoms. The van der Waals surface area contributed by atoms with Gasteiger partial charge in [0.15, 0.2) is 12.4 Å². The first-order valence-corrected chi connectivity index (χ1v) is 5.81. The highest BCUT2D eigenvalue weighted by Gasteiger charge is 2.14. The summed E-state index contributed by atoms with van der Waals surface area (Å²) in [5.41, 5.74) is 0.557. The lowest BCUT2D eigenvalue weighted by molar-refractivity contribution is -0.605. The molecule has 0 aliphatic heterocycles. The molecule has 1 aromatic heterocycles. The molecule has 1 N–H and O–H groups in total. The van der Waals surface area contributed by atoms with Crippen molar-refractivity contribution >= 4 is 5.91 Å². The van der Waals surface area contributed by atoms with E-state index < -0.39 is 0 Å². The smallest absolute Gasteiger partial charge is 0.254 e. The fourth-order valence-electron chi connectivity index (χ4n) is 1.57. The number of hydrogen-bond donors (Lipinski definition) is 1. The Morgan fingerprint density at radius 3 is 2.59 bits per heavy atom. The molecule has 0 unspecified atom stereocenters. The van der Waals surface area contributed by atoms with Crippen LogP contribution in [0.3, 0.4) is 0 Å². The minimum Gasteiger partial charge on any atom is -0.619 e. The van der Waals surface area contributed by atoms with Gasteiger partial charge in [0.1, 0.15) is 0 Å². The molecule has 0 saturated heterocycles. The number of likely N-dealkylation sites (N-methyl/N-ethyl adjacent to an activating group) is 1. The van der Waals surface area contributed by atoms with Crippen molar-refractivity contribution in [2.45, 2.75) is 13.3 Å². The Bertz CT molecular complexity index is 351. The van der Waals surface area contributed by atoms with E-state index in [0.717, 1.165) is 19.5 Å². The minimum atomic E-state index is -0.0253. The van der Waals surface area contributed by atoms with Crippen LogP contribution in [0.2, 0.25) is 0 Å². The first-order chi connectivity index (χ1) is 8.19. The topological polar surface area (TPSA) is 59.3 Å². The van der Waals surface area contributed by atoms with Gasteiger partial charge in [-0.15, -0.1) is 0 Å². The number of rotatable bonds is 6. The van der Waals surface area contributed by atoms with E-state index in [2.05, 4.69) is 5.32 Å². The van der Waals surface area contributed by atoms with Crippen LogP contribution in [0.4, 0.5) is 0 Å². The number of nitrogens with zero attached hydrogens (tertiary/aromatic N) is 2. The summed E-state index contributed by atoms with van der Waals surface area (Å²) in [6.45, 7) is 4.21. The second-order valence-corrected chi connectivity index (χ2v) is 3.84. The normalized spacial score (nSPS) is 10.2. The predicted molar refractivity (Wildman–Crippen MR) is 65.5 cm³/mol. The summed E-state index contributed by atoms with van der Waals surface area (Å²) >= 11 is 0. The SMILES string of the molecule is CCCN(CCNC)C(=O)c1cc[n+]([O-])cc1. The van der Waals surface area contributed by atoms with Crippen molar-refractivity contribution < 1.29 is 9.52 Å². The fourth-order valence-corrected chi connectivity index (χ4v) is 1.57. The van der Waals surface area contributed by atoms with E-state index in [4.69, 9.17) is 0 Å². The van der Waals surface area contributed by atoms with Gasteiger partial charge >= 0.3 is 0 Å². The van der Waals surface area contributed by atoms with Crippen LogP contribution in [0.1, 0.15) is 23.7 Å². The monoisotopic (exact) mass is 237 g/mol. The Morgan fingerprint density at radius 2 is 2.06 bits per heavy atom. The van der Waals surface area contributed by atoms with Crippen LogP contribution in [-0.4, -0.2) is 37.5 Å². The summed E-state index contributed by atoms with van der Waals surface area (Å²) in [6, 6.07) is 3.11. The maximum absolute atomic E-state index is 12.1. The molecular formula is C12H19N3O2. The number of amides is 1. The van der Waals surface area contributed by atoms with Gasteiger partial charge < -0.3 is 15.4 Å². The highest BCUT2D eigenvalue weighted by Crippen LogP contribution is 2.03. The van der Waals surface area contributed by atoms with E-state index in [0.29, 0.717) is 16.8 Å². The molecular weight excluding hydrogens is 218 g/mol. The molecule has 0 aromatic carbocycles. The second kappa shape index (κ2) is 6.85. The first kappa shape index (κ1) is 13.4. The summed E-state index contributed by atoms with van der Waals surface area (Å²) in [5, 5.41) is 13.9. The summed E-state index contributed by atoms with van der Waals surface area (Å²) in [6.07, 6.45) is 3.61. The van der Waals surface area contributed by atoms with Crippen LogP contribution in [0.5, 0.6) is 0 Å². The molecule has 1 amide bonds. The number of carbonyl (C=O) groups is 1. The molecule has 94 valence electrons. The van der Waals surface area contributed by atoms with Gasteiger partial charge in [-0.05, 0) is 13.5 Å². The fraction of sp³-hybridized carbons (Fsp3) is 0.500. The van der Waals surface area contributed by atoms with Crippen molar-refractivity contribution in [3.63, 3.8) is 0 Å². The molecule has 0 saturated carbocycles. The maximum atomic E-state index is 12.1. The number of carbonyl (C=O) groups excluding carboxylic acids is 1. The van der Waals surface area contributed by atoms with Crippen molar-refractivity contribution in [3.05, 3.63) is 35.3 Å². The molecule has 17 heavy (non-hydrogen) atoms. The standard InChI is InChI=1S/C12H19N3O2/c1-3-7-14(10-6-13-2)12(16)11-4-8-15(17)9-5-11/h4-5,8-9,13H,3,6-7,10H2,1-2H3. The predicted octanol–water partition coefficient (Wildman–Crippen LogP) is 0.392. The van der Waals surface area contributed by atoms with E-state index in [1.54, 1.807) is 17.0 Å². The lowest BCUT2D eigenvalue weighted by Crippen LogP contribution is -2.37. The third-order valence-corrected chi connectivity index (χ3v) is 2.46. The van der Waals surface area contributed by atoms with Crippen LogP contribution in [0.25, 0.3) is 0 Å². The Balaban J connectivity index is 2.72. The number of nitrogens with one attached hydrogen (secondary N) is 1. The van der Waals surface area contributed by atoms with E-state index in [9.17, 15) is 10.0 Å². The van der Waals surface area contributed by atoms with Gasteiger partial charge in [0.25, 0.3) is 5.91 Å². The first-order valence-electron chi connectivity index (χ1n) is 5.81. The van der Waals surface area contributed by atoms with E-state index in [1.165, 1.54) is 12.4 Å². The van der Waals surface area contributed by atoms with Gasteiger partial charge in [-0.3, -0.25) is 4.79 Å². The van der Waals surface area contributed by atoms with E-state index >= 15 is 0 Å². The van der Waals surface area contributed by atoms with E-state index in [1.807, 2.05) is 14.0 Å². The molecule has 0 atom stereocenters. The average Bonchev–Trinajstić information content (AvgIpc) is 2.34. The molecule has 5 heteroatoms. The third-order valence-electron chi connectivity index (χ3n) is 2.46. The quantitative estimate of drug-likeness (QED) is 0.575. The third kappa shape index (κ3) is 4.03. The van der Waals surface area contributed by atoms with Gasteiger partial charge in [-0.2, -0.15) is 4.73 Å². The molecule has 0 aliphatic carbocycles. The molecule has 1 rings (SSSR count). The van der Waals surface area contributed by atoms with Crippen molar-refractivity contribution in [1.82, 2.24) is 10.2 Å². The Hall–Kier alpha value is -1.62. The number of hydrogen-bond acceptors (Lipinski definition) is 3. The van der Waals surface area contributed by atoms with Gasteiger partial charge in [-0.1, -0.05) is 6.92 Å². The Labute approximate surface area is 102 Å². The lowest BCUT2D eigenvalue weighted by Gasteiger charge is -2.21. The highest BCUT2D eigenvalue weighted by molar-refractivity contribution is 5.93. The zero-order valence-corrected chi connectivity index (χ0v) is 10.3. The summed E-state index contributed by atoms with van der Waals surface area (Å²) in [4.78, 5) is 13.9. The van der Waals surface area contributed by atoms with Crippen molar-refractivity contribution in [1.29, 1.82) is 0 Å². The Kier molecular flexibility index (Phi) is 5.42. The lowest BCUT2D eigenvalue weighted by atomic mass is 10.2. The van der Waals surface area contributed by atoms with Crippen LogP contribution in [0, 0.1) is 5.21 Å². The molecule has 1 heterocycles. The molecule has 0 radical (unpaired) electrons. The van der Waals surface area contributed by atoms with Crippen molar-refractivity contribution in [2.75, 3.05) is 26.7 Å². The average molecular weight is 237 g/mol. The van der Waals surface area contributed by atoms with Gasteiger partial charge in [0.05, 0.1) is 5.56 Å². The maximum Gasteiger partial charge on any atom is 0.254 e. The number of pyridine rings is 1. The summed E-state index contributed by atoms with van der Waals surface area (Å²) < 4.78 is 0.675. The van der Waals surface area contributed by atoms with Crippen LogP contribution in [-0.2, 0) is 0 Å². The highest BCUT2D eigenvalue weighted by atomic mass is 16.5. The molecule has 0 aliphatic rings. The van der Waals surface area contributed by atoms with Gasteiger partial charge in [0, 0.05) is 31.8 Å². The largest absolute Gasteiger partial charge is 0.619 e. The molecule has 0 fully saturated rings. The van der Waals surface area contributed by atoms with Crippen LogP contribution >= 0.6 is 0 Å². The zero-order chi connectivity index (χ0) is 12.7. The van der Waals surface area contributed by atoms with Crippen LogP contribution in [0.15, 0.2) is 24.5 Å². The molecule has 0 bridgehead atoms. The van der Waals surface area contributed by atoms with Crippen molar-refractivity contribution in [3.8, 4) is 0 Å². The van der Waals surface area contributed by atoms with Crippen LogP contribution < -0.4 is 10.0 Å². The van der Waals surface area contributed by atoms with E-state index in [-0.39, 0.29) is 5.91 Å². The number of aromatic nitrogens is 1. The summed E-state index contributed by atoms with van der Waals surface area (Å²) in [7, 11) is 1.86. The molecule has 1 aromatic rings. The Morgan fingerprint density at radius 1 is 1.41 bits per heavy atom. The van der Waals surface area contributed by atoms with Gasteiger partial charge in [0.2, 0.25) is 0 Å². The molecule has 5 nitrogen and oxygen atoms in total. The minimum absolute atomic E-state index is 0.0253. The van der Waals surface area contributed by atoms with Gasteiger partial charge in [-0.25, -0.2) is 0 Å². The zero-order valence-electron chi connectivity index (χ0n) is 10.3. The van der Waals surface area contributed by atoms with Crippen molar-refractivity contribution in [2.24, 2.45) is 0 Å². The summed E-state index contributed by atoms with van der Waals surface area (Å²) in [5.74, 6) is -0.0253.